The van der Waals surface area contributed by atoms with Crippen LogP contribution in [0.3, 0.4) is 0 Å². The Labute approximate surface area is 185 Å². The van der Waals surface area contributed by atoms with Gasteiger partial charge in [0.25, 0.3) is 0 Å². The Hall–Kier alpha value is -2.82. The maximum Gasteiger partial charge on any atom is 0.320 e. The van der Waals surface area contributed by atoms with E-state index in [0.717, 1.165) is 24.0 Å². The van der Waals surface area contributed by atoms with Gasteiger partial charge >= 0.3 is 11.9 Å². The summed E-state index contributed by atoms with van der Waals surface area (Å²) in [7, 11) is 2.54. The molecule has 2 rings (SSSR count). The van der Waals surface area contributed by atoms with Crippen molar-refractivity contribution >= 4 is 11.9 Å². The molecule has 5 nitrogen and oxygen atoms in total. The quantitative estimate of drug-likeness (QED) is 0.448. The number of rotatable bonds is 9. The molecule has 0 heterocycles. The van der Waals surface area contributed by atoms with E-state index < -0.39 is 17.9 Å². The van der Waals surface area contributed by atoms with Crippen molar-refractivity contribution in [1.82, 2.24) is 0 Å². The van der Waals surface area contributed by atoms with Gasteiger partial charge < -0.3 is 14.6 Å². The number of esters is 2. The normalized spacial score (nSPS) is 12.5. The molecule has 0 aromatic heterocycles. The minimum absolute atomic E-state index is 0.0569. The Kier molecular flexibility index (Phi) is 8.26. The van der Waals surface area contributed by atoms with Crippen LogP contribution >= 0.6 is 0 Å². The van der Waals surface area contributed by atoms with Crippen LogP contribution in [0.25, 0.3) is 0 Å². The average Bonchev–Trinajstić information content (AvgIpc) is 2.77. The summed E-state index contributed by atoms with van der Waals surface area (Å²) in [5.74, 6) is -1.46. The van der Waals surface area contributed by atoms with Crippen LogP contribution in [0.1, 0.15) is 61.8 Å². The van der Waals surface area contributed by atoms with Crippen LogP contribution < -0.4 is 0 Å². The first kappa shape index (κ1) is 24.4. The fourth-order valence-electron chi connectivity index (χ4n) is 4.02. The van der Waals surface area contributed by atoms with Gasteiger partial charge in [-0.2, -0.15) is 0 Å². The molecule has 0 aliphatic carbocycles. The van der Waals surface area contributed by atoms with Gasteiger partial charge in [0.1, 0.15) is 5.75 Å². The van der Waals surface area contributed by atoms with E-state index >= 15 is 0 Å². The Morgan fingerprint density at radius 1 is 1.00 bits per heavy atom. The summed E-state index contributed by atoms with van der Waals surface area (Å²) in [6.45, 7) is 8.56. The number of aromatic hydroxyl groups is 1. The van der Waals surface area contributed by atoms with Gasteiger partial charge in [0.2, 0.25) is 0 Å². The zero-order chi connectivity index (χ0) is 23.2. The maximum absolute atomic E-state index is 11.9. The van der Waals surface area contributed by atoms with Gasteiger partial charge in [-0.05, 0) is 65.8 Å². The summed E-state index contributed by atoms with van der Waals surface area (Å²) >= 11 is 0. The van der Waals surface area contributed by atoms with Crippen LogP contribution in [-0.2, 0) is 30.9 Å². The lowest BCUT2D eigenvalue weighted by molar-refractivity contribution is -0.158. The average molecular weight is 427 g/mol. The van der Waals surface area contributed by atoms with Crippen molar-refractivity contribution in [2.45, 2.75) is 58.3 Å². The molecule has 2 aromatic rings. The third-order valence-corrected chi connectivity index (χ3v) is 6.09. The van der Waals surface area contributed by atoms with E-state index in [1.807, 2.05) is 25.1 Å². The smallest absolute Gasteiger partial charge is 0.320 e. The molecular formula is C26H34O5. The SMILES string of the molecule is CCC(CC(C)(C)c1ccc(O)c(C)c1)c1ccc(CC(C(=O)OC)C(=O)OC)cc1. The molecule has 168 valence electrons. The minimum Gasteiger partial charge on any atom is -0.508 e. The Bertz CT molecular complexity index is 883. The van der Waals surface area contributed by atoms with E-state index in [9.17, 15) is 14.7 Å². The van der Waals surface area contributed by atoms with Crippen molar-refractivity contribution in [3.63, 3.8) is 0 Å². The fraction of sp³-hybridized carbons (Fsp3) is 0.462. The third kappa shape index (κ3) is 6.09. The number of aryl methyl sites for hydroxylation is 1. The standard InChI is InChI=1S/C26H34O5/c1-7-19(16-26(3,4)21-12-13-23(27)17(2)14-21)20-10-8-18(9-11-20)15-22(24(28)30-5)25(29)31-6/h8-14,19,22,27H,7,15-16H2,1-6H3. The highest BCUT2D eigenvalue weighted by Gasteiger charge is 2.29. The molecule has 1 atom stereocenters. The van der Waals surface area contributed by atoms with Crippen molar-refractivity contribution in [2.75, 3.05) is 14.2 Å². The van der Waals surface area contributed by atoms with E-state index in [1.54, 1.807) is 6.07 Å². The van der Waals surface area contributed by atoms with Gasteiger partial charge in [0.15, 0.2) is 5.92 Å². The van der Waals surface area contributed by atoms with Crippen molar-refractivity contribution in [3.05, 3.63) is 64.7 Å². The largest absolute Gasteiger partial charge is 0.508 e. The van der Waals surface area contributed by atoms with E-state index in [0.29, 0.717) is 11.7 Å². The lowest BCUT2D eigenvalue weighted by Gasteiger charge is -2.31. The lowest BCUT2D eigenvalue weighted by Crippen LogP contribution is -2.28. The predicted octanol–water partition coefficient (Wildman–Crippen LogP) is 5.07. The van der Waals surface area contributed by atoms with Crippen LogP contribution in [0, 0.1) is 12.8 Å². The second-order valence-corrected chi connectivity index (χ2v) is 8.74. The van der Waals surface area contributed by atoms with Crippen LogP contribution in [0.5, 0.6) is 5.75 Å². The summed E-state index contributed by atoms with van der Waals surface area (Å²) in [6.07, 6.45) is 2.20. The fourth-order valence-corrected chi connectivity index (χ4v) is 4.02. The predicted molar refractivity (Wildman–Crippen MR) is 121 cm³/mol. The number of carbonyl (C=O) groups is 2. The molecule has 0 aliphatic rings. The molecule has 1 unspecified atom stereocenters. The monoisotopic (exact) mass is 426 g/mol. The summed E-state index contributed by atoms with van der Waals surface area (Å²) in [5.41, 5.74) is 4.14. The number of ether oxygens (including phenoxy) is 2. The van der Waals surface area contributed by atoms with Gasteiger partial charge in [-0.1, -0.05) is 57.2 Å². The number of carbonyl (C=O) groups excluding carboxylic acids is 2. The zero-order valence-electron chi connectivity index (χ0n) is 19.4. The zero-order valence-corrected chi connectivity index (χ0v) is 19.4. The number of hydrogen-bond acceptors (Lipinski definition) is 5. The highest BCUT2D eigenvalue weighted by atomic mass is 16.5. The molecule has 0 bridgehead atoms. The first-order chi connectivity index (χ1) is 14.6. The van der Waals surface area contributed by atoms with Crippen molar-refractivity contribution in [3.8, 4) is 5.75 Å². The number of methoxy groups -OCH3 is 2. The summed E-state index contributed by atoms with van der Waals surface area (Å²) < 4.78 is 9.49. The highest BCUT2D eigenvalue weighted by molar-refractivity contribution is 5.95. The van der Waals surface area contributed by atoms with Gasteiger partial charge in [-0.25, -0.2) is 0 Å². The van der Waals surface area contributed by atoms with E-state index in [-0.39, 0.29) is 11.8 Å². The maximum atomic E-state index is 11.9. The van der Waals surface area contributed by atoms with Gasteiger partial charge in [0.05, 0.1) is 14.2 Å². The van der Waals surface area contributed by atoms with Crippen LogP contribution in [0.15, 0.2) is 42.5 Å². The highest BCUT2D eigenvalue weighted by Crippen LogP contribution is 2.38. The first-order valence-electron chi connectivity index (χ1n) is 10.7. The third-order valence-electron chi connectivity index (χ3n) is 6.09. The molecule has 0 spiro atoms. The first-order valence-corrected chi connectivity index (χ1v) is 10.7. The molecule has 2 aromatic carbocycles. The van der Waals surface area contributed by atoms with Crippen molar-refractivity contribution < 1.29 is 24.2 Å². The lowest BCUT2D eigenvalue weighted by atomic mass is 9.74. The van der Waals surface area contributed by atoms with Crippen LogP contribution in [-0.4, -0.2) is 31.3 Å². The van der Waals surface area contributed by atoms with Crippen molar-refractivity contribution in [1.29, 1.82) is 0 Å². The van der Waals surface area contributed by atoms with E-state index in [1.165, 1.54) is 25.3 Å². The molecule has 0 amide bonds. The number of phenols is 1. The number of phenolic OH excluding ortho intramolecular Hbond substituents is 1. The van der Waals surface area contributed by atoms with Gasteiger partial charge in [-0.15, -0.1) is 0 Å². The molecule has 0 saturated heterocycles. The Morgan fingerprint density at radius 3 is 2.06 bits per heavy atom. The minimum atomic E-state index is -0.959. The Balaban J connectivity index is 2.18. The molecule has 31 heavy (non-hydrogen) atoms. The van der Waals surface area contributed by atoms with Crippen LogP contribution in [0.4, 0.5) is 0 Å². The second kappa shape index (κ2) is 10.5. The van der Waals surface area contributed by atoms with Crippen molar-refractivity contribution in [2.24, 2.45) is 5.92 Å². The molecule has 1 N–H and O–H groups in total. The summed E-state index contributed by atoms with van der Waals surface area (Å²) in [5, 5.41) is 9.85. The van der Waals surface area contributed by atoms with Crippen LogP contribution in [0.2, 0.25) is 0 Å². The topological polar surface area (TPSA) is 72.8 Å². The summed E-state index contributed by atoms with van der Waals surface area (Å²) in [4.78, 5) is 23.9. The van der Waals surface area contributed by atoms with E-state index in [2.05, 4.69) is 39.0 Å². The Morgan fingerprint density at radius 2 is 1.58 bits per heavy atom. The molecule has 0 fully saturated rings. The molecule has 0 saturated carbocycles. The second-order valence-electron chi connectivity index (χ2n) is 8.74. The molecular weight excluding hydrogens is 392 g/mol. The molecule has 0 radical (unpaired) electrons. The number of benzene rings is 2. The summed E-state index contributed by atoms with van der Waals surface area (Å²) in [6, 6.07) is 13.9. The molecule has 5 heteroatoms. The number of hydrogen-bond donors (Lipinski definition) is 1. The van der Waals surface area contributed by atoms with Gasteiger partial charge in [-0.3, -0.25) is 9.59 Å². The van der Waals surface area contributed by atoms with E-state index in [4.69, 9.17) is 9.47 Å². The van der Waals surface area contributed by atoms with Gasteiger partial charge in [0, 0.05) is 0 Å². The molecule has 0 aliphatic heterocycles.